The number of aliphatic hydroxyl groups is 1. The first kappa shape index (κ1) is 11.6. The fraction of sp³-hybridized carbons (Fsp3) is 0.571. The van der Waals surface area contributed by atoms with Crippen LogP contribution in [0.1, 0.15) is 36.9 Å². The first-order valence-electron chi connectivity index (χ1n) is 6.25. The van der Waals surface area contributed by atoms with Crippen molar-refractivity contribution in [1.82, 2.24) is 5.32 Å². The minimum atomic E-state index is 0.274. The lowest BCUT2D eigenvalue weighted by molar-refractivity contribution is 0.273. The molecular weight excluding hydrogens is 198 g/mol. The van der Waals surface area contributed by atoms with Crippen LogP contribution < -0.4 is 5.32 Å². The highest BCUT2D eigenvalue weighted by Crippen LogP contribution is 2.33. The van der Waals surface area contributed by atoms with E-state index in [1.54, 1.807) is 0 Å². The number of fused-ring (bicyclic) bond motifs is 1. The van der Waals surface area contributed by atoms with Gasteiger partial charge in [0.15, 0.2) is 0 Å². The van der Waals surface area contributed by atoms with Crippen molar-refractivity contribution in [3.05, 3.63) is 35.4 Å². The van der Waals surface area contributed by atoms with Gasteiger partial charge in [-0.05, 0) is 42.9 Å². The molecular formula is C14H21NO. The predicted octanol–water partition coefficient (Wildman–Crippen LogP) is 2.28. The molecule has 2 nitrogen and oxygen atoms in total. The predicted molar refractivity (Wildman–Crippen MR) is 66.4 cm³/mol. The zero-order valence-electron chi connectivity index (χ0n) is 9.95. The summed E-state index contributed by atoms with van der Waals surface area (Å²) >= 11 is 0. The second kappa shape index (κ2) is 5.46. The Morgan fingerprint density at radius 1 is 1.38 bits per heavy atom. The molecule has 0 amide bonds. The highest BCUT2D eigenvalue weighted by molar-refractivity contribution is 5.32. The number of nitrogens with one attached hydrogen (secondary N) is 1. The lowest BCUT2D eigenvalue weighted by Gasteiger charge is -2.32. The van der Waals surface area contributed by atoms with Crippen molar-refractivity contribution >= 4 is 0 Å². The Kier molecular flexibility index (Phi) is 3.97. The van der Waals surface area contributed by atoms with E-state index in [9.17, 15) is 0 Å². The number of rotatable bonds is 4. The van der Waals surface area contributed by atoms with E-state index in [2.05, 4.69) is 36.5 Å². The smallest absolute Gasteiger partial charge is 0.0443 e. The average Bonchev–Trinajstić information content (AvgIpc) is 2.32. The molecule has 0 bridgehead atoms. The van der Waals surface area contributed by atoms with E-state index in [1.807, 2.05) is 0 Å². The lowest BCUT2D eigenvalue weighted by Crippen LogP contribution is -2.32. The number of aliphatic hydroxyl groups excluding tert-OH is 1. The van der Waals surface area contributed by atoms with Gasteiger partial charge in [0.25, 0.3) is 0 Å². The molecule has 2 atom stereocenters. The summed E-state index contributed by atoms with van der Waals surface area (Å²) in [6.07, 6.45) is 3.30. The van der Waals surface area contributed by atoms with Gasteiger partial charge in [-0.2, -0.15) is 0 Å². The third-order valence-corrected chi connectivity index (χ3v) is 3.53. The maximum Gasteiger partial charge on any atom is 0.0443 e. The molecule has 2 unspecified atom stereocenters. The summed E-state index contributed by atoms with van der Waals surface area (Å²) in [7, 11) is 0. The monoisotopic (exact) mass is 219 g/mol. The first-order chi connectivity index (χ1) is 7.83. The fourth-order valence-electron chi connectivity index (χ4n) is 2.57. The largest absolute Gasteiger partial charge is 0.396 e. The van der Waals surface area contributed by atoms with E-state index in [1.165, 1.54) is 24.0 Å². The van der Waals surface area contributed by atoms with Gasteiger partial charge in [-0.25, -0.2) is 0 Å². The van der Waals surface area contributed by atoms with Gasteiger partial charge in [0.05, 0.1) is 0 Å². The van der Waals surface area contributed by atoms with E-state index in [-0.39, 0.29) is 6.61 Å². The third-order valence-electron chi connectivity index (χ3n) is 3.53. The Morgan fingerprint density at radius 2 is 2.19 bits per heavy atom. The van der Waals surface area contributed by atoms with E-state index in [0.717, 1.165) is 13.0 Å². The summed E-state index contributed by atoms with van der Waals surface area (Å²) in [6.45, 7) is 3.49. The fourth-order valence-corrected chi connectivity index (χ4v) is 2.57. The number of hydrogen-bond acceptors (Lipinski definition) is 2. The van der Waals surface area contributed by atoms with Gasteiger partial charge in [-0.1, -0.05) is 31.2 Å². The number of aryl methyl sites for hydroxylation is 1. The quantitative estimate of drug-likeness (QED) is 0.761. The molecule has 0 spiro atoms. The molecule has 0 radical (unpaired) electrons. The van der Waals surface area contributed by atoms with Crippen LogP contribution in [0.15, 0.2) is 24.3 Å². The van der Waals surface area contributed by atoms with E-state index in [0.29, 0.717) is 12.0 Å². The van der Waals surface area contributed by atoms with E-state index < -0.39 is 0 Å². The van der Waals surface area contributed by atoms with Gasteiger partial charge in [0.1, 0.15) is 0 Å². The molecule has 2 heteroatoms. The van der Waals surface area contributed by atoms with Crippen molar-refractivity contribution in [3.63, 3.8) is 0 Å². The highest BCUT2D eigenvalue weighted by atomic mass is 16.3. The maximum atomic E-state index is 8.82. The number of benzene rings is 1. The summed E-state index contributed by atoms with van der Waals surface area (Å²) in [6, 6.07) is 9.19. The number of hydrogen-bond donors (Lipinski definition) is 2. The van der Waals surface area contributed by atoms with Crippen LogP contribution in [0.2, 0.25) is 0 Å². The second-order valence-electron chi connectivity index (χ2n) is 4.72. The van der Waals surface area contributed by atoms with Crippen LogP contribution in [0, 0.1) is 5.92 Å². The van der Waals surface area contributed by atoms with Crippen LogP contribution in [0.5, 0.6) is 0 Å². The minimum absolute atomic E-state index is 0.274. The Labute approximate surface area is 97.7 Å². The van der Waals surface area contributed by atoms with Crippen molar-refractivity contribution in [2.45, 2.75) is 32.2 Å². The lowest BCUT2D eigenvalue weighted by atomic mass is 9.81. The van der Waals surface area contributed by atoms with Crippen LogP contribution in [0.3, 0.4) is 0 Å². The normalized spacial score (nSPS) is 24.1. The van der Waals surface area contributed by atoms with Crippen molar-refractivity contribution in [1.29, 1.82) is 0 Å². The average molecular weight is 219 g/mol. The molecule has 16 heavy (non-hydrogen) atoms. The van der Waals surface area contributed by atoms with E-state index in [4.69, 9.17) is 5.11 Å². The SMILES string of the molecule is CC1CCc2ccccc2C1NCCCO. The Hall–Kier alpha value is -0.860. The summed E-state index contributed by atoms with van der Waals surface area (Å²) in [5.41, 5.74) is 2.95. The second-order valence-corrected chi connectivity index (χ2v) is 4.72. The summed E-state index contributed by atoms with van der Waals surface area (Å²) < 4.78 is 0. The van der Waals surface area contributed by atoms with Crippen LogP contribution in [0.25, 0.3) is 0 Å². The molecule has 0 heterocycles. The minimum Gasteiger partial charge on any atom is -0.396 e. The molecule has 1 aliphatic carbocycles. The molecule has 0 aromatic heterocycles. The molecule has 1 aliphatic rings. The molecule has 2 N–H and O–H groups in total. The Morgan fingerprint density at radius 3 is 3.00 bits per heavy atom. The summed E-state index contributed by atoms with van der Waals surface area (Å²) in [5.74, 6) is 0.689. The van der Waals surface area contributed by atoms with Gasteiger partial charge in [-0.3, -0.25) is 0 Å². The molecule has 0 saturated carbocycles. The maximum absolute atomic E-state index is 8.82. The molecule has 88 valence electrons. The molecule has 0 aliphatic heterocycles. The Balaban J connectivity index is 2.10. The molecule has 2 rings (SSSR count). The van der Waals surface area contributed by atoms with Gasteiger partial charge < -0.3 is 10.4 Å². The van der Waals surface area contributed by atoms with Gasteiger partial charge >= 0.3 is 0 Å². The first-order valence-corrected chi connectivity index (χ1v) is 6.25. The third kappa shape index (κ3) is 2.45. The highest BCUT2D eigenvalue weighted by Gasteiger charge is 2.25. The molecule has 0 fully saturated rings. The summed E-state index contributed by atoms with van der Waals surface area (Å²) in [5, 5.41) is 12.4. The van der Waals surface area contributed by atoms with Gasteiger partial charge in [0.2, 0.25) is 0 Å². The van der Waals surface area contributed by atoms with Gasteiger partial charge in [0, 0.05) is 12.6 Å². The van der Waals surface area contributed by atoms with Crippen LogP contribution >= 0.6 is 0 Å². The van der Waals surface area contributed by atoms with Crippen LogP contribution in [-0.2, 0) is 6.42 Å². The topological polar surface area (TPSA) is 32.3 Å². The zero-order valence-corrected chi connectivity index (χ0v) is 9.95. The van der Waals surface area contributed by atoms with Crippen molar-refractivity contribution in [2.24, 2.45) is 5.92 Å². The van der Waals surface area contributed by atoms with Crippen molar-refractivity contribution in [2.75, 3.05) is 13.2 Å². The van der Waals surface area contributed by atoms with Gasteiger partial charge in [-0.15, -0.1) is 0 Å². The molecule has 0 saturated heterocycles. The molecule has 1 aromatic carbocycles. The Bertz CT molecular complexity index is 337. The molecule has 1 aromatic rings. The van der Waals surface area contributed by atoms with Crippen molar-refractivity contribution < 1.29 is 5.11 Å². The van der Waals surface area contributed by atoms with Crippen LogP contribution in [-0.4, -0.2) is 18.3 Å². The van der Waals surface area contributed by atoms with Crippen LogP contribution in [0.4, 0.5) is 0 Å². The zero-order chi connectivity index (χ0) is 11.4. The van der Waals surface area contributed by atoms with E-state index >= 15 is 0 Å². The summed E-state index contributed by atoms with van der Waals surface area (Å²) in [4.78, 5) is 0. The van der Waals surface area contributed by atoms with Crippen molar-refractivity contribution in [3.8, 4) is 0 Å². The standard InChI is InChI=1S/C14H21NO/c1-11-7-8-12-5-2-3-6-13(12)14(11)15-9-4-10-16/h2-3,5-6,11,14-16H,4,7-10H2,1H3.